The summed E-state index contributed by atoms with van der Waals surface area (Å²) in [6, 6.07) is 3.85. The number of benzene rings is 1. The molecule has 176 valence electrons. The van der Waals surface area contributed by atoms with Crippen molar-refractivity contribution in [3.8, 4) is 0 Å². The number of hydrogen-bond donors (Lipinski definition) is 2. The topological polar surface area (TPSA) is 105 Å². The summed E-state index contributed by atoms with van der Waals surface area (Å²) in [5.41, 5.74) is 0.424. The van der Waals surface area contributed by atoms with Crippen molar-refractivity contribution in [2.24, 2.45) is 0 Å². The minimum Gasteiger partial charge on any atom is -0.423 e. The van der Waals surface area contributed by atoms with Crippen molar-refractivity contribution in [1.29, 1.82) is 0 Å². The van der Waals surface area contributed by atoms with E-state index in [9.17, 15) is 14.4 Å². The average Bonchev–Trinajstić information content (AvgIpc) is 2.75. The van der Waals surface area contributed by atoms with Crippen LogP contribution in [0.25, 0.3) is 0 Å². The molecule has 1 aliphatic rings. The summed E-state index contributed by atoms with van der Waals surface area (Å²) in [5.74, 6) is -0.483. The van der Waals surface area contributed by atoms with Crippen LogP contribution in [0.15, 0.2) is 18.2 Å². The Balaban J connectivity index is 1.77. The highest BCUT2D eigenvalue weighted by atomic mass is 19.1. The molecule has 31 heavy (non-hydrogen) atoms. The molecule has 0 radical (unpaired) electrons. The summed E-state index contributed by atoms with van der Waals surface area (Å²) in [7, 11) is -1.67. The Kier molecular flexibility index (Phi) is 13.9. The smallest absolute Gasteiger partial charge is 0.423 e. The highest BCUT2D eigenvalue weighted by Gasteiger charge is 2.15. The van der Waals surface area contributed by atoms with Gasteiger partial charge in [-0.1, -0.05) is 12.1 Å². The van der Waals surface area contributed by atoms with Gasteiger partial charge in [0.2, 0.25) is 0 Å². The first-order chi connectivity index (χ1) is 15.2. The first-order valence-corrected chi connectivity index (χ1v) is 10.4. The van der Waals surface area contributed by atoms with E-state index in [0.29, 0.717) is 66.1 Å². The zero-order valence-corrected chi connectivity index (χ0v) is 17.7. The largest absolute Gasteiger partial charge is 0.488 e. The summed E-state index contributed by atoms with van der Waals surface area (Å²) in [5, 5.41) is 18.5. The Hall–Kier alpha value is -1.15. The molecule has 0 amide bonds. The molecule has 0 aromatic heterocycles. The third-order valence-corrected chi connectivity index (χ3v) is 4.30. The van der Waals surface area contributed by atoms with Crippen LogP contribution in [-0.4, -0.2) is 103 Å². The van der Waals surface area contributed by atoms with Gasteiger partial charge in [-0.2, -0.15) is 0 Å². The summed E-state index contributed by atoms with van der Waals surface area (Å²) in [6.07, 6.45) is -0.378. The number of ether oxygens (including phenoxy) is 7. The van der Waals surface area contributed by atoms with Crippen LogP contribution in [0.1, 0.15) is 5.56 Å². The monoisotopic (exact) mass is 446 g/mol. The molecule has 9 nitrogen and oxygen atoms in total. The van der Waals surface area contributed by atoms with Gasteiger partial charge >= 0.3 is 7.12 Å². The third-order valence-electron chi connectivity index (χ3n) is 4.30. The minimum atomic E-state index is -1.67. The molecule has 1 saturated heterocycles. The molecular weight excluding hydrogens is 414 g/mol. The van der Waals surface area contributed by atoms with Crippen LogP contribution in [0.2, 0.25) is 0 Å². The fraction of sp³-hybridized carbons (Fsp3) is 0.700. The highest BCUT2D eigenvalue weighted by Crippen LogP contribution is 2.08. The molecule has 1 aromatic carbocycles. The predicted molar refractivity (Wildman–Crippen MR) is 110 cm³/mol. The molecule has 2 N–H and O–H groups in total. The third kappa shape index (κ3) is 11.9. The Morgan fingerprint density at radius 1 is 0.839 bits per heavy atom. The molecule has 0 bridgehead atoms. The SMILES string of the molecule is OB(O)c1ccc(F)c(COCC2COCCOCCOCCOCCOCCO2)c1. The molecule has 11 heteroatoms. The van der Waals surface area contributed by atoms with Gasteiger partial charge in [0.05, 0.1) is 85.9 Å². The lowest BCUT2D eigenvalue weighted by molar-refractivity contribution is -0.0867. The van der Waals surface area contributed by atoms with Crippen LogP contribution in [0, 0.1) is 5.82 Å². The van der Waals surface area contributed by atoms with Crippen LogP contribution < -0.4 is 5.46 Å². The summed E-state index contributed by atoms with van der Waals surface area (Å²) in [6.45, 7) is 4.88. The Morgan fingerprint density at radius 2 is 1.39 bits per heavy atom. The fourth-order valence-electron chi connectivity index (χ4n) is 2.68. The van der Waals surface area contributed by atoms with Crippen LogP contribution in [0.4, 0.5) is 4.39 Å². The van der Waals surface area contributed by atoms with Crippen molar-refractivity contribution in [3.63, 3.8) is 0 Å². The van der Waals surface area contributed by atoms with Gasteiger partial charge in [-0.05, 0) is 11.5 Å². The van der Waals surface area contributed by atoms with Gasteiger partial charge in [0, 0.05) is 5.56 Å². The molecule has 0 aliphatic carbocycles. The van der Waals surface area contributed by atoms with Crippen LogP contribution >= 0.6 is 0 Å². The molecule has 1 unspecified atom stereocenters. The van der Waals surface area contributed by atoms with E-state index in [1.54, 1.807) is 0 Å². The van der Waals surface area contributed by atoms with Crippen molar-refractivity contribution in [1.82, 2.24) is 0 Å². The van der Waals surface area contributed by atoms with Crippen LogP contribution in [0.5, 0.6) is 0 Å². The second-order valence-electron chi connectivity index (χ2n) is 6.76. The van der Waals surface area contributed by atoms with Gasteiger partial charge in [-0.25, -0.2) is 4.39 Å². The van der Waals surface area contributed by atoms with Crippen LogP contribution in [-0.2, 0) is 39.8 Å². The number of hydrogen-bond acceptors (Lipinski definition) is 9. The fourth-order valence-corrected chi connectivity index (χ4v) is 2.68. The van der Waals surface area contributed by atoms with E-state index in [1.165, 1.54) is 18.2 Å². The molecule has 0 saturated carbocycles. The minimum absolute atomic E-state index is 0.0385. The molecule has 1 atom stereocenters. The molecule has 1 fully saturated rings. The molecule has 1 aliphatic heterocycles. The average molecular weight is 446 g/mol. The molecule has 1 aromatic rings. The van der Waals surface area contributed by atoms with Crippen molar-refractivity contribution in [2.75, 3.05) is 79.3 Å². The lowest BCUT2D eigenvalue weighted by Crippen LogP contribution is -2.30. The first kappa shape index (κ1) is 26.1. The van der Waals surface area contributed by atoms with E-state index in [2.05, 4.69) is 0 Å². The van der Waals surface area contributed by atoms with Crippen molar-refractivity contribution in [3.05, 3.63) is 29.6 Å². The van der Waals surface area contributed by atoms with E-state index < -0.39 is 12.9 Å². The first-order valence-electron chi connectivity index (χ1n) is 10.4. The van der Waals surface area contributed by atoms with Gasteiger partial charge in [-0.15, -0.1) is 0 Å². The Morgan fingerprint density at radius 3 is 1.97 bits per heavy atom. The molecule has 1 heterocycles. The quantitative estimate of drug-likeness (QED) is 0.580. The standard InChI is InChI=1S/C20H32BFO9/c22-20-2-1-18(21(23)24)13-17(20)14-30-16-19-15-29-10-9-27-6-5-25-3-4-26-7-8-28-11-12-31-19/h1-2,13,19,23-24H,3-12,14-16H2. The summed E-state index contributed by atoms with van der Waals surface area (Å²) >= 11 is 0. The maximum Gasteiger partial charge on any atom is 0.488 e. The van der Waals surface area contributed by atoms with E-state index in [-0.39, 0.29) is 37.0 Å². The number of rotatable bonds is 5. The molecule has 2 rings (SSSR count). The lowest BCUT2D eigenvalue weighted by atomic mass is 9.79. The summed E-state index contributed by atoms with van der Waals surface area (Å²) < 4.78 is 52.6. The van der Waals surface area contributed by atoms with Gasteiger partial charge in [0.25, 0.3) is 0 Å². The zero-order valence-electron chi connectivity index (χ0n) is 17.7. The highest BCUT2D eigenvalue weighted by molar-refractivity contribution is 6.58. The van der Waals surface area contributed by atoms with E-state index in [0.717, 1.165) is 0 Å². The van der Waals surface area contributed by atoms with E-state index in [4.69, 9.17) is 33.2 Å². The Labute approximate surface area is 182 Å². The maximum atomic E-state index is 13.9. The second-order valence-corrected chi connectivity index (χ2v) is 6.76. The van der Waals surface area contributed by atoms with Crippen LogP contribution in [0.3, 0.4) is 0 Å². The normalized spacial score (nSPS) is 21.2. The van der Waals surface area contributed by atoms with Crippen molar-refractivity contribution in [2.45, 2.75) is 12.7 Å². The molecule has 0 spiro atoms. The number of halogens is 1. The van der Waals surface area contributed by atoms with Crippen molar-refractivity contribution < 1.29 is 47.6 Å². The van der Waals surface area contributed by atoms with Gasteiger partial charge in [-0.3, -0.25) is 0 Å². The van der Waals surface area contributed by atoms with Gasteiger partial charge < -0.3 is 43.2 Å². The van der Waals surface area contributed by atoms with E-state index in [1.807, 2.05) is 0 Å². The lowest BCUT2D eigenvalue weighted by Gasteiger charge is -2.19. The Bertz CT molecular complexity index is 576. The van der Waals surface area contributed by atoms with E-state index >= 15 is 0 Å². The predicted octanol–water partition coefficient (Wildman–Crippen LogP) is -0.496. The second kappa shape index (κ2) is 16.5. The molecular formula is C20H32BFO9. The van der Waals surface area contributed by atoms with Gasteiger partial charge in [0.1, 0.15) is 11.9 Å². The van der Waals surface area contributed by atoms with Gasteiger partial charge in [0.15, 0.2) is 0 Å². The zero-order chi connectivity index (χ0) is 22.2. The van der Waals surface area contributed by atoms with Crippen molar-refractivity contribution >= 4 is 12.6 Å². The summed E-state index contributed by atoms with van der Waals surface area (Å²) in [4.78, 5) is 0. The maximum absolute atomic E-state index is 13.9.